The number of hydrogen-bond donors (Lipinski definition) is 2. The average Bonchev–Trinajstić information content (AvgIpc) is 2.48. The summed E-state index contributed by atoms with van der Waals surface area (Å²) < 4.78 is 28.4. The average molecular weight is 312 g/mol. The third-order valence-electron chi connectivity index (χ3n) is 4.05. The van der Waals surface area contributed by atoms with Crippen LogP contribution >= 0.6 is 0 Å². The van der Waals surface area contributed by atoms with Crippen molar-refractivity contribution in [2.24, 2.45) is 11.7 Å². The molecule has 1 fully saturated rings. The van der Waals surface area contributed by atoms with Crippen LogP contribution in [0.25, 0.3) is 0 Å². The van der Waals surface area contributed by atoms with Gasteiger partial charge in [0.2, 0.25) is 5.91 Å². The SMILES string of the molecule is NC1CCCCC1CC(=O)NCc1ccc(OC(F)F)cc1. The molecule has 2 unspecified atom stereocenters. The molecule has 0 heterocycles. The molecule has 1 aromatic carbocycles. The summed E-state index contributed by atoms with van der Waals surface area (Å²) in [5.41, 5.74) is 6.87. The molecule has 1 aromatic rings. The lowest BCUT2D eigenvalue weighted by Crippen LogP contribution is -2.36. The Labute approximate surface area is 129 Å². The van der Waals surface area contributed by atoms with Crippen LogP contribution < -0.4 is 15.8 Å². The molecule has 2 rings (SSSR count). The topological polar surface area (TPSA) is 64.4 Å². The zero-order valence-corrected chi connectivity index (χ0v) is 12.4. The summed E-state index contributed by atoms with van der Waals surface area (Å²) in [6.45, 7) is -2.46. The van der Waals surface area contributed by atoms with Crippen LogP contribution in [0.3, 0.4) is 0 Å². The van der Waals surface area contributed by atoms with Crippen molar-refractivity contribution in [2.75, 3.05) is 0 Å². The smallest absolute Gasteiger partial charge is 0.387 e. The molecule has 0 saturated heterocycles. The third kappa shape index (κ3) is 5.26. The molecule has 122 valence electrons. The molecule has 0 aromatic heterocycles. The Bertz CT molecular complexity index is 480. The second-order valence-electron chi connectivity index (χ2n) is 5.71. The van der Waals surface area contributed by atoms with Crippen LogP contribution in [-0.4, -0.2) is 18.6 Å². The Morgan fingerprint density at radius 1 is 1.27 bits per heavy atom. The van der Waals surface area contributed by atoms with Crippen molar-refractivity contribution in [2.45, 2.75) is 51.3 Å². The Hall–Kier alpha value is -1.69. The highest BCUT2D eigenvalue weighted by Crippen LogP contribution is 2.25. The van der Waals surface area contributed by atoms with Gasteiger partial charge in [0.15, 0.2) is 0 Å². The number of benzene rings is 1. The number of carbonyl (C=O) groups is 1. The summed E-state index contributed by atoms with van der Waals surface area (Å²) >= 11 is 0. The van der Waals surface area contributed by atoms with E-state index in [1.54, 1.807) is 12.1 Å². The molecule has 6 heteroatoms. The summed E-state index contributed by atoms with van der Waals surface area (Å²) in [5, 5.41) is 2.84. The van der Waals surface area contributed by atoms with Gasteiger partial charge >= 0.3 is 6.61 Å². The highest BCUT2D eigenvalue weighted by atomic mass is 19.3. The first-order valence-corrected chi connectivity index (χ1v) is 7.60. The van der Waals surface area contributed by atoms with E-state index in [0.717, 1.165) is 31.2 Å². The number of ether oxygens (including phenoxy) is 1. The van der Waals surface area contributed by atoms with Crippen LogP contribution in [0.4, 0.5) is 8.78 Å². The minimum Gasteiger partial charge on any atom is -0.435 e. The standard InChI is InChI=1S/C16H22F2N2O2/c17-16(18)22-13-7-5-11(6-8-13)10-20-15(21)9-12-3-1-2-4-14(12)19/h5-8,12,14,16H,1-4,9-10,19H2,(H,20,21). The van der Waals surface area contributed by atoms with Crippen LogP contribution in [0.1, 0.15) is 37.7 Å². The fourth-order valence-electron chi connectivity index (χ4n) is 2.79. The van der Waals surface area contributed by atoms with Crippen molar-refractivity contribution in [3.05, 3.63) is 29.8 Å². The van der Waals surface area contributed by atoms with Crippen molar-refractivity contribution in [3.8, 4) is 5.75 Å². The van der Waals surface area contributed by atoms with Gasteiger partial charge in [-0.2, -0.15) is 8.78 Å². The predicted octanol–water partition coefficient (Wildman–Crippen LogP) is 2.81. The van der Waals surface area contributed by atoms with Crippen LogP contribution in [0.2, 0.25) is 0 Å². The zero-order chi connectivity index (χ0) is 15.9. The van der Waals surface area contributed by atoms with Crippen molar-refractivity contribution < 1.29 is 18.3 Å². The fourth-order valence-corrected chi connectivity index (χ4v) is 2.79. The number of nitrogens with one attached hydrogen (secondary N) is 1. The van der Waals surface area contributed by atoms with Crippen LogP contribution in [0.5, 0.6) is 5.75 Å². The van der Waals surface area contributed by atoms with Gasteiger partial charge in [0, 0.05) is 19.0 Å². The summed E-state index contributed by atoms with van der Waals surface area (Å²) in [4.78, 5) is 12.0. The van der Waals surface area contributed by atoms with E-state index in [0.29, 0.717) is 13.0 Å². The highest BCUT2D eigenvalue weighted by molar-refractivity contribution is 5.76. The van der Waals surface area contributed by atoms with E-state index in [9.17, 15) is 13.6 Å². The molecule has 1 aliphatic carbocycles. The lowest BCUT2D eigenvalue weighted by molar-refractivity contribution is -0.122. The molecule has 0 radical (unpaired) electrons. The van der Waals surface area contributed by atoms with Crippen molar-refractivity contribution in [1.29, 1.82) is 0 Å². The molecule has 0 aliphatic heterocycles. The maximum Gasteiger partial charge on any atom is 0.387 e. The van der Waals surface area contributed by atoms with Gasteiger partial charge in [-0.15, -0.1) is 0 Å². The molecular weight excluding hydrogens is 290 g/mol. The maximum atomic E-state index is 12.0. The van der Waals surface area contributed by atoms with Crippen molar-refractivity contribution in [3.63, 3.8) is 0 Å². The molecule has 1 aliphatic rings. The minimum absolute atomic E-state index is 0.0183. The van der Waals surface area contributed by atoms with Crippen molar-refractivity contribution in [1.82, 2.24) is 5.32 Å². The second kappa shape index (κ2) is 8.08. The molecule has 0 spiro atoms. The van der Waals surface area contributed by atoms with E-state index in [1.165, 1.54) is 12.1 Å². The Morgan fingerprint density at radius 2 is 1.95 bits per heavy atom. The molecule has 3 N–H and O–H groups in total. The van der Waals surface area contributed by atoms with E-state index in [2.05, 4.69) is 10.1 Å². The lowest BCUT2D eigenvalue weighted by atomic mass is 9.83. The molecule has 0 bridgehead atoms. The molecule has 1 saturated carbocycles. The zero-order valence-electron chi connectivity index (χ0n) is 12.4. The number of alkyl halides is 2. The first-order chi connectivity index (χ1) is 10.5. The first kappa shape index (κ1) is 16.7. The number of nitrogens with two attached hydrogens (primary N) is 1. The van der Waals surface area contributed by atoms with Crippen LogP contribution in [-0.2, 0) is 11.3 Å². The van der Waals surface area contributed by atoms with Gasteiger partial charge < -0.3 is 15.8 Å². The second-order valence-corrected chi connectivity index (χ2v) is 5.71. The molecule has 4 nitrogen and oxygen atoms in total. The molecule has 2 atom stereocenters. The van der Waals surface area contributed by atoms with Gasteiger partial charge in [-0.1, -0.05) is 25.0 Å². The highest BCUT2D eigenvalue weighted by Gasteiger charge is 2.23. The normalized spacial score (nSPS) is 21.6. The molecule has 1 amide bonds. The molecular formula is C16H22F2N2O2. The number of amides is 1. The first-order valence-electron chi connectivity index (χ1n) is 7.60. The van der Waals surface area contributed by atoms with Gasteiger partial charge in [0.05, 0.1) is 0 Å². The monoisotopic (exact) mass is 312 g/mol. The van der Waals surface area contributed by atoms with E-state index in [-0.39, 0.29) is 23.6 Å². The Kier molecular flexibility index (Phi) is 6.12. The lowest BCUT2D eigenvalue weighted by Gasteiger charge is -2.27. The van der Waals surface area contributed by atoms with Gasteiger partial charge in [0.25, 0.3) is 0 Å². The third-order valence-corrected chi connectivity index (χ3v) is 4.05. The number of carbonyl (C=O) groups excluding carboxylic acids is 1. The summed E-state index contributed by atoms with van der Waals surface area (Å²) in [5.74, 6) is 0.351. The van der Waals surface area contributed by atoms with E-state index < -0.39 is 6.61 Å². The minimum atomic E-state index is -2.83. The Balaban J connectivity index is 1.76. The number of rotatable bonds is 6. The fraction of sp³-hybridized carbons (Fsp3) is 0.562. The summed E-state index contributed by atoms with van der Waals surface area (Å²) in [6.07, 6.45) is 4.73. The molecule has 22 heavy (non-hydrogen) atoms. The van der Waals surface area contributed by atoms with E-state index in [1.807, 2.05) is 0 Å². The summed E-state index contributed by atoms with van der Waals surface area (Å²) in [6, 6.07) is 6.36. The number of halogens is 2. The van der Waals surface area contributed by atoms with Gasteiger partial charge in [-0.25, -0.2) is 0 Å². The van der Waals surface area contributed by atoms with Crippen LogP contribution in [0, 0.1) is 5.92 Å². The van der Waals surface area contributed by atoms with Crippen LogP contribution in [0.15, 0.2) is 24.3 Å². The van der Waals surface area contributed by atoms with Gasteiger partial charge in [-0.3, -0.25) is 4.79 Å². The largest absolute Gasteiger partial charge is 0.435 e. The van der Waals surface area contributed by atoms with E-state index in [4.69, 9.17) is 5.73 Å². The predicted molar refractivity (Wildman–Crippen MR) is 79.5 cm³/mol. The van der Waals surface area contributed by atoms with Gasteiger partial charge in [-0.05, 0) is 36.5 Å². The maximum absolute atomic E-state index is 12.0. The number of hydrogen-bond acceptors (Lipinski definition) is 3. The van der Waals surface area contributed by atoms with E-state index >= 15 is 0 Å². The van der Waals surface area contributed by atoms with Crippen molar-refractivity contribution >= 4 is 5.91 Å². The Morgan fingerprint density at radius 3 is 2.59 bits per heavy atom. The summed E-state index contributed by atoms with van der Waals surface area (Å²) in [7, 11) is 0. The van der Waals surface area contributed by atoms with Gasteiger partial charge in [0.1, 0.15) is 5.75 Å². The quantitative estimate of drug-likeness (QED) is 0.849.